The van der Waals surface area contributed by atoms with Gasteiger partial charge >= 0.3 is 0 Å². The Bertz CT molecular complexity index is 1980. The van der Waals surface area contributed by atoms with Gasteiger partial charge in [0.1, 0.15) is 25.0 Å². The second-order valence-electron chi connectivity index (χ2n) is 11.2. The molecule has 1 N–H and O–H groups in total. The zero-order chi connectivity index (χ0) is 33.9. The van der Waals surface area contributed by atoms with Crippen LogP contribution in [0.1, 0.15) is 62.6 Å². The molecule has 2 amide bonds. The molecule has 14 heteroatoms. The van der Waals surface area contributed by atoms with Crippen molar-refractivity contribution in [2.24, 2.45) is 0 Å². The van der Waals surface area contributed by atoms with Gasteiger partial charge in [-0.3, -0.25) is 19.2 Å². The summed E-state index contributed by atoms with van der Waals surface area (Å²) in [5, 5.41) is 10.0. The number of carbonyl (C=O) groups excluding carboxylic acids is 2. The number of benzene rings is 3. The number of hydrogen-bond acceptors (Lipinski definition) is 9. The number of fused-ring (bicyclic) bond motifs is 1. The first-order valence-corrected chi connectivity index (χ1v) is 17.1. The van der Waals surface area contributed by atoms with Crippen molar-refractivity contribution in [2.45, 2.75) is 32.4 Å². The summed E-state index contributed by atoms with van der Waals surface area (Å²) >= 11 is 12.2. The van der Waals surface area contributed by atoms with E-state index in [-0.39, 0.29) is 48.4 Å². The van der Waals surface area contributed by atoms with Gasteiger partial charge in [0.25, 0.3) is 11.8 Å². The maximum absolute atomic E-state index is 12.9. The molecule has 5 rings (SSSR count). The van der Waals surface area contributed by atoms with Crippen molar-refractivity contribution >= 4 is 51.0 Å². The SMILES string of the molecule is CC(C)(c1ccc(OCc2cc(CN3C(=O)c4ccccc4C3=O)nc(NS(C)(=O)=O)n2)cc1)c1cc(Cl)c(OCCCl)c(C#N)c1. The van der Waals surface area contributed by atoms with Crippen LogP contribution in [0.5, 0.6) is 11.5 Å². The Morgan fingerprint density at radius 2 is 1.57 bits per heavy atom. The minimum Gasteiger partial charge on any atom is -0.489 e. The normalized spacial score (nSPS) is 12.9. The highest BCUT2D eigenvalue weighted by molar-refractivity contribution is 7.92. The van der Waals surface area contributed by atoms with Gasteiger partial charge in [0.2, 0.25) is 16.0 Å². The van der Waals surface area contributed by atoms with E-state index in [1.807, 2.05) is 26.0 Å². The van der Waals surface area contributed by atoms with Crippen molar-refractivity contribution in [1.29, 1.82) is 5.26 Å². The standard InChI is InChI=1S/C33H29Cl2N5O6S/c1-33(2,22-14-20(17-36)29(28(35)15-22)45-13-12-34)21-8-10-25(11-9-21)46-19-24-16-23(37-32(38-24)39-47(3,43)44)18-40-30(41)26-6-4-5-7-27(26)31(40)42/h4-11,14-16H,12-13,18-19H2,1-3H3,(H,37,38,39). The number of alkyl halides is 1. The number of nitrogens with one attached hydrogen (secondary N) is 1. The quantitative estimate of drug-likeness (QED) is 0.146. The van der Waals surface area contributed by atoms with Crippen molar-refractivity contribution < 1.29 is 27.5 Å². The molecule has 3 aromatic carbocycles. The van der Waals surface area contributed by atoms with Gasteiger partial charge in [-0.05, 0) is 53.6 Å². The van der Waals surface area contributed by atoms with Crippen LogP contribution in [0.25, 0.3) is 0 Å². The summed E-state index contributed by atoms with van der Waals surface area (Å²) in [7, 11) is -3.73. The number of aromatic nitrogens is 2. The highest BCUT2D eigenvalue weighted by atomic mass is 35.5. The Kier molecular flexibility index (Phi) is 9.72. The third-order valence-corrected chi connectivity index (χ3v) is 8.47. The molecular weight excluding hydrogens is 665 g/mol. The summed E-state index contributed by atoms with van der Waals surface area (Å²) in [4.78, 5) is 35.4. The highest BCUT2D eigenvalue weighted by Crippen LogP contribution is 2.38. The maximum Gasteiger partial charge on any atom is 0.261 e. The fourth-order valence-corrected chi connectivity index (χ4v) is 5.86. The number of imide groups is 1. The van der Waals surface area contributed by atoms with Crippen LogP contribution >= 0.6 is 23.2 Å². The first-order chi connectivity index (χ1) is 22.3. The molecule has 47 heavy (non-hydrogen) atoms. The van der Waals surface area contributed by atoms with E-state index >= 15 is 0 Å². The molecule has 0 bridgehead atoms. The molecule has 1 aromatic heterocycles. The molecule has 0 aliphatic carbocycles. The zero-order valence-corrected chi connectivity index (χ0v) is 27.9. The van der Waals surface area contributed by atoms with Gasteiger partial charge in [-0.2, -0.15) is 5.26 Å². The van der Waals surface area contributed by atoms with Gasteiger partial charge in [-0.1, -0.05) is 49.7 Å². The Morgan fingerprint density at radius 1 is 0.936 bits per heavy atom. The molecule has 0 spiro atoms. The molecule has 0 unspecified atom stereocenters. The monoisotopic (exact) mass is 693 g/mol. The number of carbonyl (C=O) groups is 2. The van der Waals surface area contributed by atoms with E-state index in [1.54, 1.807) is 54.6 Å². The summed E-state index contributed by atoms with van der Waals surface area (Å²) < 4.78 is 37.7. The van der Waals surface area contributed by atoms with Crippen LogP contribution in [-0.4, -0.2) is 53.8 Å². The molecule has 2 heterocycles. The number of hydrogen-bond donors (Lipinski definition) is 1. The van der Waals surface area contributed by atoms with E-state index in [9.17, 15) is 23.3 Å². The number of amides is 2. The first kappa shape index (κ1) is 33.7. The second kappa shape index (κ2) is 13.6. The minimum absolute atomic E-state index is 0.0658. The van der Waals surface area contributed by atoms with E-state index < -0.39 is 27.3 Å². The average Bonchev–Trinajstić information content (AvgIpc) is 3.27. The van der Waals surface area contributed by atoms with Crippen molar-refractivity contribution in [1.82, 2.24) is 14.9 Å². The lowest BCUT2D eigenvalue weighted by Gasteiger charge is -2.27. The Balaban J connectivity index is 1.34. The number of sulfonamides is 1. The van der Waals surface area contributed by atoms with Gasteiger partial charge in [0.05, 0.1) is 51.8 Å². The number of anilines is 1. The van der Waals surface area contributed by atoms with Crippen LogP contribution < -0.4 is 14.2 Å². The summed E-state index contributed by atoms with van der Waals surface area (Å²) in [6, 6.07) is 21.0. The molecule has 1 aliphatic heterocycles. The number of nitriles is 1. The average molecular weight is 695 g/mol. The number of rotatable bonds is 12. The lowest BCUT2D eigenvalue weighted by Crippen LogP contribution is -2.30. The lowest BCUT2D eigenvalue weighted by atomic mass is 9.77. The highest BCUT2D eigenvalue weighted by Gasteiger charge is 2.35. The smallest absolute Gasteiger partial charge is 0.261 e. The zero-order valence-electron chi connectivity index (χ0n) is 25.6. The van der Waals surface area contributed by atoms with Crippen LogP contribution in [0.3, 0.4) is 0 Å². The molecule has 0 saturated carbocycles. The molecule has 0 saturated heterocycles. The largest absolute Gasteiger partial charge is 0.489 e. The van der Waals surface area contributed by atoms with E-state index in [0.717, 1.165) is 22.3 Å². The topological polar surface area (TPSA) is 152 Å². The maximum atomic E-state index is 12.9. The van der Waals surface area contributed by atoms with Crippen LogP contribution in [-0.2, 0) is 28.6 Å². The van der Waals surface area contributed by atoms with E-state index in [2.05, 4.69) is 20.8 Å². The molecule has 11 nitrogen and oxygen atoms in total. The van der Waals surface area contributed by atoms with Crippen LogP contribution in [0.2, 0.25) is 5.02 Å². The van der Waals surface area contributed by atoms with Crippen LogP contribution in [0.15, 0.2) is 66.7 Å². The van der Waals surface area contributed by atoms with Crippen LogP contribution in [0.4, 0.5) is 5.95 Å². The van der Waals surface area contributed by atoms with E-state index in [4.69, 9.17) is 32.7 Å². The van der Waals surface area contributed by atoms with Crippen molar-refractivity contribution in [3.05, 3.63) is 111 Å². The fraction of sp³-hybridized carbons (Fsp3) is 0.242. The number of ether oxygens (including phenoxy) is 2. The Hall–Kier alpha value is -4.70. The van der Waals surface area contributed by atoms with Crippen molar-refractivity contribution in [3.63, 3.8) is 0 Å². The van der Waals surface area contributed by atoms with Gasteiger partial charge in [-0.25, -0.2) is 18.4 Å². The third-order valence-electron chi connectivity index (χ3n) is 7.48. The first-order valence-electron chi connectivity index (χ1n) is 14.3. The Labute approximate surface area is 282 Å². The van der Waals surface area contributed by atoms with Crippen LogP contribution in [0, 0.1) is 11.3 Å². The molecule has 0 atom stereocenters. The summed E-state index contributed by atoms with van der Waals surface area (Å²) in [6.07, 6.45) is 0.964. The second-order valence-corrected chi connectivity index (χ2v) is 13.7. The third kappa shape index (κ3) is 7.49. The van der Waals surface area contributed by atoms with Gasteiger partial charge in [0.15, 0.2) is 5.75 Å². The molecule has 0 fully saturated rings. The van der Waals surface area contributed by atoms with Crippen molar-refractivity contribution in [2.75, 3.05) is 23.5 Å². The van der Waals surface area contributed by atoms with Crippen molar-refractivity contribution in [3.8, 4) is 17.6 Å². The number of halogens is 2. The summed E-state index contributed by atoms with van der Waals surface area (Å²) in [5.74, 6) is -0.0936. The minimum atomic E-state index is -3.73. The Morgan fingerprint density at radius 3 is 2.17 bits per heavy atom. The van der Waals surface area contributed by atoms with Gasteiger partial charge in [0, 0.05) is 5.41 Å². The van der Waals surface area contributed by atoms with Gasteiger partial charge in [-0.15, -0.1) is 11.6 Å². The molecule has 4 aromatic rings. The van der Waals surface area contributed by atoms with E-state index in [1.165, 1.54) is 0 Å². The molecule has 242 valence electrons. The summed E-state index contributed by atoms with van der Waals surface area (Å²) in [5.41, 5.74) is 2.63. The van der Waals surface area contributed by atoms with E-state index in [0.29, 0.717) is 27.8 Å². The molecule has 0 radical (unpaired) electrons. The summed E-state index contributed by atoms with van der Waals surface area (Å²) in [6.45, 7) is 3.97. The lowest BCUT2D eigenvalue weighted by molar-refractivity contribution is 0.0640. The fourth-order valence-electron chi connectivity index (χ4n) is 5.08. The van der Waals surface area contributed by atoms with Gasteiger partial charge < -0.3 is 9.47 Å². The number of nitrogens with zero attached hydrogens (tertiary/aromatic N) is 4. The predicted octanol–water partition coefficient (Wildman–Crippen LogP) is 5.69. The predicted molar refractivity (Wildman–Crippen MR) is 176 cm³/mol. The molecular formula is C33H29Cl2N5O6S. The molecule has 1 aliphatic rings.